The standard InChI is InChI=1S/2C26H25OP/c2*1-18-11-19(2)14-25(13-18)28(27,26-15-20(3)12-21(4)16-26)24-10-9-22-7-5-6-8-23(22)17-24/h2*5-17H,1-4H3. The number of hydrogen-bond donors (Lipinski definition) is 0. The van der Waals surface area contributed by atoms with Gasteiger partial charge >= 0.3 is 0 Å². The van der Waals surface area contributed by atoms with Gasteiger partial charge in [0.2, 0.25) is 0 Å². The molecule has 0 radical (unpaired) electrons. The molecule has 8 aromatic rings. The highest BCUT2D eigenvalue weighted by Crippen LogP contribution is 2.45. The lowest BCUT2D eigenvalue weighted by Crippen LogP contribution is -2.26. The Morgan fingerprint density at radius 2 is 0.482 bits per heavy atom. The fourth-order valence-corrected chi connectivity index (χ4v) is 14.3. The van der Waals surface area contributed by atoms with Crippen LogP contribution >= 0.6 is 14.3 Å². The summed E-state index contributed by atoms with van der Waals surface area (Å²) in [4.78, 5) is 0. The predicted molar refractivity (Wildman–Crippen MR) is 245 cm³/mol. The van der Waals surface area contributed by atoms with Gasteiger partial charge in [-0.15, -0.1) is 0 Å². The van der Waals surface area contributed by atoms with Crippen LogP contribution in [0.5, 0.6) is 0 Å². The molecule has 0 heterocycles. The van der Waals surface area contributed by atoms with Crippen molar-refractivity contribution in [1.29, 1.82) is 0 Å². The number of rotatable bonds is 6. The van der Waals surface area contributed by atoms with Crippen molar-refractivity contribution in [3.63, 3.8) is 0 Å². The molecule has 0 aliphatic carbocycles. The van der Waals surface area contributed by atoms with Crippen molar-refractivity contribution in [2.24, 2.45) is 0 Å². The summed E-state index contributed by atoms with van der Waals surface area (Å²) < 4.78 is 29.7. The summed E-state index contributed by atoms with van der Waals surface area (Å²) in [5.74, 6) is 0. The van der Waals surface area contributed by atoms with Crippen LogP contribution in [-0.2, 0) is 9.13 Å². The van der Waals surface area contributed by atoms with Gasteiger partial charge in [0.05, 0.1) is 0 Å². The molecule has 0 unspecified atom stereocenters. The van der Waals surface area contributed by atoms with Gasteiger partial charge in [0.1, 0.15) is 0 Å². The molecule has 0 amide bonds. The van der Waals surface area contributed by atoms with Crippen molar-refractivity contribution in [1.82, 2.24) is 0 Å². The summed E-state index contributed by atoms with van der Waals surface area (Å²) in [5.41, 5.74) is 9.11. The van der Waals surface area contributed by atoms with Crippen LogP contribution < -0.4 is 31.8 Å². The molecule has 2 nitrogen and oxygen atoms in total. The van der Waals surface area contributed by atoms with E-state index in [4.69, 9.17) is 0 Å². The average molecular weight is 769 g/mol. The highest BCUT2D eigenvalue weighted by Gasteiger charge is 2.32. The average Bonchev–Trinajstić information content (AvgIpc) is 3.15. The van der Waals surface area contributed by atoms with Gasteiger partial charge in [-0.25, -0.2) is 0 Å². The summed E-state index contributed by atoms with van der Waals surface area (Å²) in [6, 6.07) is 54.2. The highest BCUT2D eigenvalue weighted by atomic mass is 31.2. The Balaban J connectivity index is 0.000000172. The lowest BCUT2D eigenvalue weighted by Gasteiger charge is -2.22. The Hall–Kier alpha value is -5.26. The second-order valence-corrected chi connectivity index (χ2v) is 21.2. The SMILES string of the molecule is Cc1cc(C)cc(P(=O)(c2cc(C)cc(C)c2)c2ccc3ccccc3c2)c1.Cc1cc(C)cc(P(=O)(c2cc(C)cc(C)c2)c2ccc3ccccc3c2)c1. The van der Waals surface area contributed by atoms with Gasteiger partial charge in [0, 0.05) is 31.8 Å². The topological polar surface area (TPSA) is 34.1 Å². The second kappa shape index (κ2) is 15.7. The second-order valence-electron chi connectivity index (χ2n) is 15.7. The molecule has 0 N–H and O–H groups in total. The first-order valence-electron chi connectivity index (χ1n) is 19.3. The summed E-state index contributed by atoms with van der Waals surface area (Å²) >= 11 is 0. The van der Waals surface area contributed by atoms with Crippen molar-refractivity contribution in [2.75, 3.05) is 0 Å². The number of aryl methyl sites for hydroxylation is 8. The summed E-state index contributed by atoms with van der Waals surface area (Å²) in [7, 11) is -5.98. The minimum Gasteiger partial charge on any atom is -0.309 e. The highest BCUT2D eigenvalue weighted by molar-refractivity contribution is 7.85. The largest absolute Gasteiger partial charge is 0.309 e. The Labute approximate surface area is 333 Å². The van der Waals surface area contributed by atoms with Crippen LogP contribution in [0.1, 0.15) is 44.5 Å². The number of hydrogen-bond acceptors (Lipinski definition) is 2. The van der Waals surface area contributed by atoms with Gasteiger partial charge in [0.15, 0.2) is 14.3 Å². The van der Waals surface area contributed by atoms with Gasteiger partial charge in [-0.2, -0.15) is 0 Å². The lowest BCUT2D eigenvalue weighted by molar-refractivity contribution is 0.591. The monoisotopic (exact) mass is 768 g/mol. The van der Waals surface area contributed by atoms with Crippen molar-refractivity contribution in [3.8, 4) is 0 Å². The molecule has 56 heavy (non-hydrogen) atoms. The van der Waals surface area contributed by atoms with Crippen LogP contribution in [0.15, 0.2) is 158 Å². The molecule has 8 rings (SSSR count). The van der Waals surface area contributed by atoms with Crippen LogP contribution in [-0.4, -0.2) is 0 Å². The zero-order valence-electron chi connectivity index (χ0n) is 33.7. The molecule has 0 atom stereocenters. The van der Waals surface area contributed by atoms with E-state index in [2.05, 4.69) is 177 Å². The van der Waals surface area contributed by atoms with Crippen molar-refractivity contribution in [3.05, 3.63) is 202 Å². The summed E-state index contributed by atoms with van der Waals surface area (Å²) in [6.45, 7) is 16.6. The van der Waals surface area contributed by atoms with E-state index in [0.29, 0.717) is 0 Å². The Morgan fingerprint density at radius 1 is 0.250 bits per heavy atom. The summed E-state index contributed by atoms with van der Waals surface area (Å²) in [5, 5.41) is 9.98. The first-order valence-corrected chi connectivity index (χ1v) is 22.7. The first kappa shape index (κ1) is 39.0. The van der Waals surface area contributed by atoms with Crippen LogP contribution in [0.2, 0.25) is 0 Å². The molecule has 0 aliphatic heterocycles. The Kier molecular flexibility index (Phi) is 10.9. The third-order valence-corrected chi connectivity index (χ3v) is 16.4. The Bertz CT molecular complexity index is 2480. The van der Waals surface area contributed by atoms with E-state index >= 15 is 0 Å². The van der Waals surface area contributed by atoms with Gasteiger partial charge in [0.25, 0.3) is 0 Å². The zero-order valence-corrected chi connectivity index (χ0v) is 35.5. The Morgan fingerprint density at radius 3 is 0.732 bits per heavy atom. The maximum Gasteiger partial charge on any atom is 0.171 e. The fourth-order valence-electron chi connectivity index (χ4n) is 8.17. The minimum absolute atomic E-state index is 0.890. The molecule has 0 saturated heterocycles. The van der Waals surface area contributed by atoms with E-state index in [-0.39, 0.29) is 0 Å². The summed E-state index contributed by atoms with van der Waals surface area (Å²) in [6.07, 6.45) is 0. The van der Waals surface area contributed by atoms with Crippen molar-refractivity contribution >= 4 is 67.7 Å². The molecule has 0 spiro atoms. The van der Waals surface area contributed by atoms with E-state index < -0.39 is 14.3 Å². The van der Waals surface area contributed by atoms with E-state index in [9.17, 15) is 9.13 Å². The van der Waals surface area contributed by atoms with Crippen LogP contribution in [0.25, 0.3) is 21.5 Å². The van der Waals surface area contributed by atoms with E-state index in [1.54, 1.807) is 0 Å². The number of benzene rings is 8. The van der Waals surface area contributed by atoms with Crippen LogP contribution in [0, 0.1) is 55.4 Å². The first-order chi connectivity index (χ1) is 26.7. The van der Waals surface area contributed by atoms with E-state index in [0.717, 1.165) is 87.1 Å². The predicted octanol–water partition coefficient (Wildman–Crippen LogP) is 11.4. The third kappa shape index (κ3) is 7.88. The molecular formula is C52H50O2P2. The molecule has 8 aromatic carbocycles. The van der Waals surface area contributed by atoms with Crippen LogP contribution in [0.3, 0.4) is 0 Å². The van der Waals surface area contributed by atoms with Gasteiger partial charge in [-0.05, 0) is 138 Å². The molecule has 4 heteroatoms. The van der Waals surface area contributed by atoms with E-state index in [1.165, 1.54) is 10.8 Å². The molecular weight excluding hydrogens is 719 g/mol. The zero-order chi connectivity index (χ0) is 39.8. The molecule has 0 aromatic heterocycles. The quantitative estimate of drug-likeness (QED) is 0.158. The third-order valence-electron chi connectivity index (χ3n) is 10.5. The van der Waals surface area contributed by atoms with Gasteiger partial charge < -0.3 is 9.13 Å². The lowest BCUT2D eigenvalue weighted by atomic mass is 10.1. The molecule has 0 fully saturated rings. The van der Waals surface area contributed by atoms with Gasteiger partial charge in [-0.3, -0.25) is 0 Å². The van der Waals surface area contributed by atoms with Crippen LogP contribution in [0.4, 0.5) is 0 Å². The molecule has 280 valence electrons. The fraction of sp³-hybridized carbons (Fsp3) is 0.154. The van der Waals surface area contributed by atoms with Crippen molar-refractivity contribution in [2.45, 2.75) is 55.4 Å². The minimum atomic E-state index is -2.99. The normalized spacial score (nSPS) is 11.7. The maximum atomic E-state index is 14.9. The molecule has 0 aliphatic rings. The smallest absolute Gasteiger partial charge is 0.171 e. The van der Waals surface area contributed by atoms with E-state index in [1.807, 2.05) is 36.4 Å². The number of fused-ring (bicyclic) bond motifs is 2. The van der Waals surface area contributed by atoms with Crippen molar-refractivity contribution < 1.29 is 9.13 Å². The maximum absolute atomic E-state index is 14.9. The molecule has 0 saturated carbocycles. The molecule has 0 bridgehead atoms. The van der Waals surface area contributed by atoms with Gasteiger partial charge in [-0.1, -0.05) is 142 Å².